The van der Waals surface area contributed by atoms with Gasteiger partial charge in [-0.15, -0.1) is 0 Å². The maximum atomic E-state index is 5.75. The van der Waals surface area contributed by atoms with Crippen molar-refractivity contribution in [1.82, 2.24) is 9.97 Å². The van der Waals surface area contributed by atoms with E-state index in [2.05, 4.69) is 22.1 Å². The molecule has 2 aliphatic rings. The Morgan fingerprint density at radius 2 is 2.13 bits per heavy atom. The van der Waals surface area contributed by atoms with Crippen LogP contribution in [0.4, 0.5) is 0 Å². The summed E-state index contributed by atoms with van der Waals surface area (Å²) in [6.07, 6.45) is 11.0. The first-order valence-corrected chi connectivity index (χ1v) is 5.18. The average Bonchev–Trinajstić information content (AvgIpc) is 3.01. The molecule has 2 unspecified atom stereocenters. The van der Waals surface area contributed by atoms with E-state index in [1.54, 1.807) is 12.4 Å². The minimum Gasteiger partial charge on any atom is -0.458 e. The second kappa shape index (κ2) is 3.19. The third-order valence-electron chi connectivity index (χ3n) is 2.82. The molecule has 1 fully saturated rings. The maximum absolute atomic E-state index is 5.75. The van der Waals surface area contributed by atoms with E-state index in [0.29, 0.717) is 11.8 Å². The molecule has 1 aromatic rings. The van der Waals surface area contributed by atoms with Gasteiger partial charge in [-0.3, -0.25) is 0 Å². The molecule has 76 valence electrons. The summed E-state index contributed by atoms with van der Waals surface area (Å²) in [5, 5.41) is 0. The number of ether oxygens (including phenoxy) is 1. The highest BCUT2D eigenvalue weighted by molar-refractivity contribution is 5.29. The molecule has 1 saturated carbocycles. The van der Waals surface area contributed by atoms with Gasteiger partial charge in [-0.1, -0.05) is 12.2 Å². The second-order valence-corrected chi connectivity index (χ2v) is 4.03. The van der Waals surface area contributed by atoms with Crippen molar-refractivity contribution in [3.8, 4) is 5.75 Å². The summed E-state index contributed by atoms with van der Waals surface area (Å²) >= 11 is 0. The first-order chi connectivity index (χ1) is 7.33. The fraction of sp³-hybridized carbons (Fsp3) is 0.333. The third kappa shape index (κ3) is 1.65. The summed E-state index contributed by atoms with van der Waals surface area (Å²) in [5.41, 5.74) is 0. The molecule has 0 spiro atoms. The summed E-state index contributed by atoms with van der Waals surface area (Å²) < 4.78 is 5.75. The van der Waals surface area contributed by atoms with Crippen LogP contribution < -0.4 is 4.74 Å². The monoisotopic (exact) mass is 200 g/mol. The molecule has 3 rings (SSSR count). The molecule has 0 N–H and O–H groups in total. The van der Waals surface area contributed by atoms with Crippen LogP contribution in [0.3, 0.4) is 0 Å². The summed E-state index contributed by atoms with van der Waals surface area (Å²) in [6, 6.07) is 0. The molecule has 2 aliphatic carbocycles. The van der Waals surface area contributed by atoms with E-state index in [-0.39, 0.29) is 0 Å². The molecule has 1 aromatic heterocycles. The lowest BCUT2D eigenvalue weighted by atomic mass is 10.2. The van der Waals surface area contributed by atoms with Gasteiger partial charge in [0, 0.05) is 5.92 Å². The van der Waals surface area contributed by atoms with Crippen molar-refractivity contribution in [3.63, 3.8) is 0 Å². The van der Waals surface area contributed by atoms with Crippen LogP contribution in [0.5, 0.6) is 5.75 Å². The zero-order valence-electron chi connectivity index (χ0n) is 8.55. The molecular weight excluding hydrogens is 188 g/mol. The predicted molar refractivity (Wildman–Crippen MR) is 56.2 cm³/mol. The van der Waals surface area contributed by atoms with E-state index in [9.17, 15) is 0 Å². The number of hydrogen-bond donors (Lipinski definition) is 0. The fourth-order valence-corrected chi connectivity index (χ4v) is 1.85. The summed E-state index contributed by atoms with van der Waals surface area (Å²) in [4.78, 5) is 8.20. The molecule has 0 saturated heterocycles. The zero-order chi connectivity index (χ0) is 10.3. The Morgan fingerprint density at radius 1 is 1.33 bits per heavy atom. The first kappa shape index (κ1) is 8.65. The second-order valence-electron chi connectivity index (χ2n) is 4.03. The first-order valence-electron chi connectivity index (χ1n) is 5.18. The normalized spacial score (nSPS) is 26.9. The van der Waals surface area contributed by atoms with Gasteiger partial charge in [-0.05, 0) is 25.3 Å². The van der Waals surface area contributed by atoms with Crippen LogP contribution in [0, 0.1) is 18.8 Å². The molecule has 0 radical (unpaired) electrons. The molecule has 0 bridgehead atoms. The molecule has 2 atom stereocenters. The van der Waals surface area contributed by atoms with Gasteiger partial charge in [0.05, 0.1) is 12.4 Å². The van der Waals surface area contributed by atoms with Crippen molar-refractivity contribution < 1.29 is 4.74 Å². The summed E-state index contributed by atoms with van der Waals surface area (Å²) in [6.45, 7) is 1.86. The van der Waals surface area contributed by atoms with Gasteiger partial charge in [-0.2, -0.15) is 0 Å². The topological polar surface area (TPSA) is 35.0 Å². The molecule has 1 heterocycles. The van der Waals surface area contributed by atoms with Crippen molar-refractivity contribution in [2.24, 2.45) is 11.8 Å². The Hall–Kier alpha value is -1.64. The van der Waals surface area contributed by atoms with E-state index < -0.39 is 0 Å². The van der Waals surface area contributed by atoms with Crippen LogP contribution >= 0.6 is 0 Å². The fourth-order valence-electron chi connectivity index (χ4n) is 1.85. The van der Waals surface area contributed by atoms with Crippen LogP contribution in [-0.2, 0) is 0 Å². The molecule has 3 nitrogen and oxygen atoms in total. The van der Waals surface area contributed by atoms with Crippen LogP contribution in [0.1, 0.15) is 12.2 Å². The minimum atomic E-state index is 0.594. The van der Waals surface area contributed by atoms with Gasteiger partial charge in [0.15, 0.2) is 5.75 Å². The third-order valence-corrected chi connectivity index (χ3v) is 2.82. The number of fused-ring (bicyclic) bond motifs is 1. The molecule has 3 heteroatoms. The van der Waals surface area contributed by atoms with Gasteiger partial charge in [0.1, 0.15) is 11.6 Å². The van der Waals surface area contributed by atoms with Gasteiger partial charge < -0.3 is 4.74 Å². The van der Waals surface area contributed by atoms with Gasteiger partial charge >= 0.3 is 0 Å². The van der Waals surface area contributed by atoms with E-state index >= 15 is 0 Å². The van der Waals surface area contributed by atoms with Crippen LogP contribution in [0.15, 0.2) is 36.4 Å². The highest BCUT2D eigenvalue weighted by Gasteiger charge is 2.40. The zero-order valence-corrected chi connectivity index (χ0v) is 8.55. The Labute approximate surface area is 88.5 Å². The smallest absolute Gasteiger partial charge is 0.163 e. The Balaban J connectivity index is 1.77. The highest BCUT2D eigenvalue weighted by atomic mass is 16.5. The Kier molecular flexibility index (Phi) is 1.84. The number of allylic oxidation sites excluding steroid dienone is 4. The lowest BCUT2D eigenvalue weighted by Gasteiger charge is -2.10. The van der Waals surface area contributed by atoms with E-state index in [0.717, 1.165) is 17.3 Å². The molecule has 0 amide bonds. The number of aromatic nitrogens is 2. The Morgan fingerprint density at radius 3 is 2.93 bits per heavy atom. The lowest BCUT2D eigenvalue weighted by molar-refractivity contribution is 0.386. The van der Waals surface area contributed by atoms with E-state index in [4.69, 9.17) is 4.74 Å². The van der Waals surface area contributed by atoms with E-state index in [1.165, 1.54) is 6.42 Å². The summed E-state index contributed by atoms with van der Waals surface area (Å²) in [7, 11) is 0. The lowest BCUT2D eigenvalue weighted by Crippen LogP contribution is -2.02. The van der Waals surface area contributed by atoms with Crippen molar-refractivity contribution in [3.05, 3.63) is 42.2 Å². The number of aryl methyl sites for hydroxylation is 1. The number of hydrogen-bond acceptors (Lipinski definition) is 3. The van der Waals surface area contributed by atoms with E-state index in [1.807, 2.05) is 13.0 Å². The summed E-state index contributed by atoms with van der Waals surface area (Å²) in [5.74, 6) is 3.85. The van der Waals surface area contributed by atoms with Crippen LogP contribution in [0.2, 0.25) is 0 Å². The molecule has 15 heavy (non-hydrogen) atoms. The number of nitrogens with zero attached hydrogens (tertiary/aromatic N) is 2. The van der Waals surface area contributed by atoms with Crippen molar-refractivity contribution in [2.75, 3.05) is 0 Å². The van der Waals surface area contributed by atoms with Gasteiger partial charge in [0.25, 0.3) is 0 Å². The van der Waals surface area contributed by atoms with Crippen molar-refractivity contribution >= 4 is 0 Å². The van der Waals surface area contributed by atoms with Crippen molar-refractivity contribution in [2.45, 2.75) is 13.3 Å². The number of rotatable bonds is 2. The quantitative estimate of drug-likeness (QED) is 0.734. The SMILES string of the molecule is Cc1ncc(OC2=CC=CC3CC23)cn1. The largest absolute Gasteiger partial charge is 0.458 e. The molecular formula is C12H12N2O. The predicted octanol–water partition coefficient (Wildman–Crippen LogP) is 2.25. The molecule has 0 aromatic carbocycles. The minimum absolute atomic E-state index is 0.594. The van der Waals surface area contributed by atoms with Gasteiger partial charge in [0.2, 0.25) is 0 Å². The highest BCUT2D eigenvalue weighted by Crippen LogP contribution is 2.47. The van der Waals surface area contributed by atoms with Gasteiger partial charge in [-0.25, -0.2) is 9.97 Å². The van der Waals surface area contributed by atoms with Crippen molar-refractivity contribution in [1.29, 1.82) is 0 Å². The Bertz CT molecular complexity index is 433. The average molecular weight is 200 g/mol. The van der Waals surface area contributed by atoms with Crippen LogP contribution in [-0.4, -0.2) is 9.97 Å². The van der Waals surface area contributed by atoms with Crippen LogP contribution in [0.25, 0.3) is 0 Å². The standard InChI is InChI=1S/C12H12N2O/c1-8-13-6-10(7-14-8)15-12-4-2-3-9-5-11(9)12/h2-4,6-7,9,11H,5H2,1H3. The molecule has 0 aliphatic heterocycles. The maximum Gasteiger partial charge on any atom is 0.163 e.